The number of ether oxygens (including phenoxy) is 1. The first-order valence-electron chi connectivity index (χ1n) is 15.5. The Morgan fingerprint density at radius 1 is 0.681 bits per heavy atom. The predicted molar refractivity (Wildman–Crippen MR) is 187 cm³/mol. The summed E-state index contributed by atoms with van der Waals surface area (Å²) in [4.78, 5) is 15.0. The molecule has 0 unspecified atom stereocenters. The number of benzene rings is 4. The van der Waals surface area contributed by atoms with Gasteiger partial charge < -0.3 is 9.64 Å². The first-order chi connectivity index (χ1) is 22.9. The molecule has 0 aliphatic carbocycles. The number of hydrogen-bond donors (Lipinski definition) is 0. The van der Waals surface area contributed by atoms with Crippen LogP contribution in [0.5, 0.6) is 0 Å². The topological polar surface area (TPSA) is 104 Å². The molecule has 0 spiro atoms. The number of esters is 1. The number of unbranched alkanes of at least 4 members (excludes halogenated alkanes) is 4. The molecule has 1 heterocycles. The first kappa shape index (κ1) is 33.2. The van der Waals surface area contributed by atoms with Gasteiger partial charge in [-0.15, -0.1) is 16.5 Å². The lowest BCUT2D eigenvalue weighted by Gasteiger charge is -2.11. The van der Waals surface area contributed by atoms with Crippen molar-refractivity contribution in [1.82, 2.24) is 0 Å². The van der Waals surface area contributed by atoms with Crippen LogP contribution in [0.1, 0.15) is 48.7 Å². The Morgan fingerprint density at radius 2 is 1.23 bits per heavy atom. The van der Waals surface area contributed by atoms with E-state index in [-0.39, 0.29) is 11.7 Å². The third-order valence-corrected chi connectivity index (χ3v) is 8.25. The first-order valence-corrected chi connectivity index (χ1v) is 16.3. The predicted octanol–water partition coefficient (Wildman–Crippen LogP) is 12.5. The van der Waals surface area contributed by atoms with E-state index in [1.165, 1.54) is 36.3 Å². The van der Waals surface area contributed by atoms with Gasteiger partial charge in [0.05, 0.1) is 35.0 Å². The number of fused-ring (bicyclic) bond motifs is 1. The van der Waals surface area contributed by atoms with Crippen molar-refractivity contribution < 1.29 is 13.9 Å². The Hall–Kier alpha value is -5.16. The van der Waals surface area contributed by atoms with Gasteiger partial charge in [-0.1, -0.05) is 38.7 Å². The van der Waals surface area contributed by atoms with E-state index in [2.05, 4.69) is 37.6 Å². The van der Waals surface area contributed by atoms with Gasteiger partial charge >= 0.3 is 5.97 Å². The number of carbonyl (C=O) groups excluding carboxylic acids is 1. The number of nitrogens with zero attached hydrogens (tertiary/aromatic N) is 7. The van der Waals surface area contributed by atoms with Gasteiger partial charge in [-0.05, 0) is 90.7 Å². The molecule has 240 valence electrons. The molecule has 0 atom stereocenters. The highest BCUT2D eigenvalue weighted by atomic mass is 32.1. The Morgan fingerprint density at radius 3 is 1.87 bits per heavy atom. The van der Waals surface area contributed by atoms with Gasteiger partial charge in [-0.2, -0.15) is 25.6 Å². The van der Waals surface area contributed by atoms with Crippen molar-refractivity contribution in [2.45, 2.75) is 39.0 Å². The molecule has 0 fully saturated rings. The molecular formula is C36H36FN7O2S. The zero-order valence-corrected chi connectivity index (χ0v) is 27.5. The van der Waals surface area contributed by atoms with E-state index >= 15 is 0 Å². The largest absolute Gasteiger partial charge is 0.462 e. The molecule has 11 heteroatoms. The second kappa shape index (κ2) is 16.4. The van der Waals surface area contributed by atoms with Crippen LogP contribution in [-0.4, -0.2) is 26.7 Å². The summed E-state index contributed by atoms with van der Waals surface area (Å²) < 4.78 is 21.1. The van der Waals surface area contributed by atoms with Gasteiger partial charge in [0.2, 0.25) is 0 Å². The third kappa shape index (κ3) is 9.67. The highest BCUT2D eigenvalue weighted by Gasteiger charge is 2.12. The maximum Gasteiger partial charge on any atom is 0.348 e. The fourth-order valence-electron chi connectivity index (χ4n) is 4.51. The Balaban J connectivity index is 1.15. The highest BCUT2D eigenvalue weighted by molar-refractivity contribution is 7.20. The maximum absolute atomic E-state index is 14.8. The third-order valence-electron chi connectivity index (χ3n) is 7.17. The van der Waals surface area contributed by atoms with Gasteiger partial charge in [0.1, 0.15) is 10.6 Å². The molecule has 5 rings (SSSR count). The minimum atomic E-state index is -0.571. The van der Waals surface area contributed by atoms with Crippen LogP contribution in [0, 0.1) is 5.82 Å². The SMILES string of the molecule is CCCCCCCOC(=O)c1cc2ccc(N=Nc3ccc(N=Nc4ccc(N=Nc5ccc(N(C)C)cc5)cc4)c(F)c3)cc2s1. The molecular weight excluding hydrogens is 614 g/mol. The zero-order chi connectivity index (χ0) is 33.0. The van der Waals surface area contributed by atoms with Crippen LogP contribution in [0.15, 0.2) is 122 Å². The van der Waals surface area contributed by atoms with E-state index < -0.39 is 5.82 Å². The molecule has 0 bridgehead atoms. The zero-order valence-electron chi connectivity index (χ0n) is 26.6. The van der Waals surface area contributed by atoms with E-state index in [0.29, 0.717) is 34.2 Å². The minimum absolute atomic E-state index is 0.0780. The summed E-state index contributed by atoms with van der Waals surface area (Å²) in [6.07, 6.45) is 5.49. The molecule has 0 amide bonds. The van der Waals surface area contributed by atoms with E-state index in [4.69, 9.17) is 4.74 Å². The van der Waals surface area contributed by atoms with Crippen LogP contribution >= 0.6 is 11.3 Å². The maximum atomic E-state index is 14.8. The van der Waals surface area contributed by atoms with E-state index in [1.54, 1.807) is 36.4 Å². The average Bonchev–Trinajstić information content (AvgIpc) is 3.52. The number of rotatable bonds is 14. The number of carbonyl (C=O) groups is 1. The average molecular weight is 650 g/mol. The fourth-order valence-corrected chi connectivity index (χ4v) is 5.50. The summed E-state index contributed by atoms with van der Waals surface area (Å²) in [5.74, 6) is -0.878. The normalized spacial score (nSPS) is 11.7. The lowest BCUT2D eigenvalue weighted by Crippen LogP contribution is -2.07. The Bertz CT molecular complexity index is 1880. The van der Waals surface area contributed by atoms with E-state index in [9.17, 15) is 9.18 Å². The second-order valence-corrected chi connectivity index (χ2v) is 12.1. The highest BCUT2D eigenvalue weighted by Crippen LogP contribution is 2.32. The molecule has 0 radical (unpaired) electrons. The van der Waals surface area contributed by atoms with Gasteiger partial charge in [0.25, 0.3) is 0 Å². The second-order valence-electron chi connectivity index (χ2n) is 11.0. The van der Waals surface area contributed by atoms with Crippen LogP contribution < -0.4 is 4.90 Å². The summed E-state index contributed by atoms with van der Waals surface area (Å²) >= 11 is 1.35. The molecule has 5 aromatic rings. The fraction of sp³-hybridized carbons (Fsp3) is 0.250. The molecule has 0 aliphatic rings. The summed E-state index contributed by atoms with van der Waals surface area (Å²) in [5, 5.41) is 26.1. The summed E-state index contributed by atoms with van der Waals surface area (Å²) in [6, 6.07) is 26.5. The number of azo groups is 3. The summed E-state index contributed by atoms with van der Waals surface area (Å²) in [7, 11) is 3.96. The van der Waals surface area contributed by atoms with Crippen molar-refractivity contribution in [2.24, 2.45) is 30.7 Å². The van der Waals surface area contributed by atoms with Crippen molar-refractivity contribution in [1.29, 1.82) is 0 Å². The molecule has 0 saturated carbocycles. The molecule has 4 aromatic carbocycles. The minimum Gasteiger partial charge on any atom is -0.462 e. The van der Waals surface area contributed by atoms with Gasteiger partial charge in [0.15, 0.2) is 5.82 Å². The smallest absolute Gasteiger partial charge is 0.348 e. The van der Waals surface area contributed by atoms with Gasteiger partial charge in [0, 0.05) is 30.5 Å². The van der Waals surface area contributed by atoms with Crippen LogP contribution in [0.4, 0.5) is 44.2 Å². The van der Waals surface area contributed by atoms with Crippen molar-refractivity contribution in [3.63, 3.8) is 0 Å². The number of thiophene rings is 1. The molecule has 1 aromatic heterocycles. The van der Waals surface area contributed by atoms with Crippen LogP contribution in [-0.2, 0) is 4.74 Å². The van der Waals surface area contributed by atoms with Crippen molar-refractivity contribution >= 4 is 67.2 Å². The van der Waals surface area contributed by atoms with Gasteiger partial charge in [-0.25, -0.2) is 9.18 Å². The molecule has 9 nitrogen and oxygen atoms in total. The molecule has 0 N–H and O–H groups in total. The number of hydrogen-bond acceptors (Lipinski definition) is 10. The van der Waals surface area contributed by atoms with Crippen molar-refractivity contribution in [3.8, 4) is 0 Å². The van der Waals surface area contributed by atoms with Crippen molar-refractivity contribution in [3.05, 3.63) is 102 Å². The van der Waals surface area contributed by atoms with Crippen LogP contribution in [0.2, 0.25) is 0 Å². The lowest BCUT2D eigenvalue weighted by atomic mass is 10.2. The summed E-state index contributed by atoms with van der Waals surface area (Å²) in [6.45, 7) is 2.60. The van der Waals surface area contributed by atoms with E-state index in [0.717, 1.165) is 40.7 Å². The monoisotopic (exact) mass is 649 g/mol. The Kier molecular flexibility index (Phi) is 11.6. The number of halogens is 1. The standard InChI is InChI=1S/C36H36FN7O2S/c1-4-5-6-7-8-21-46-36(45)35-22-25-9-10-30(24-34(25)47-35)42-41-29-17-20-33(32(37)23-29)43-40-27-13-11-26(12-14-27)38-39-28-15-18-31(19-16-28)44(2)3/h9-20,22-24H,4-8,21H2,1-3H3. The Labute approximate surface area is 277 Å². The lowest BCUT2D eigenvalue weighted by molar-refractivity contribution is 0.0503. The quantitative estimate of drug-likeness (QED) is 0.0679. The molecule has 0 saturated heterocycles. The van der Waals surface area contributed by atoms with Crippen LogP contribution in [0.3, 0.4) is 0 Å². The summed E-state index contributed by atoms with van der Waals surface area (Å²) in [5.41, 5.74) is 4.04. The van der Waals surface area contributed by atoms with E-state index in [1.807, 2.05) is 61.5 Å². The molecule has 0 aliphatic heterocycles. The van der Waals surface area contributed by atoms with Crippen LogP contribution in [0.25, 0.3) is 10.1 Å². The molecule has 47 heavy (non-hydrogen) atoms. The van der Waals surface area contributed by atoms with Crippen molar-refractivity contribution in [2.75, 3.05) is 25.6 Å². The van der Waals surface area contributed by atoms with Gasteiger partial charge in [-0.3, -0.25) is 0 Å². The number of anilines is 1.